The minimum Gasteiger partial charge on any atom is -0.490 e. The van der Waals surface area contributed by atoms with Gasteiger partial charge in [-0.15, -0.1) is 0 Å². The maximum Gasteiger partial charge on any atom is 0.338 e. The molecule has 0 aliphatic carbocycles. The maximum absolute atomic E-state index is 14.0. The van der Waals surface area contributed by atoms with Gasteiger partial charge >= 0.3 is 5.97 Å². The number of benzene rings is 3. The van der Waals surface area contributed by atoms with Crippen molar-refractivity contribution in [1.29, 1.82) is 0 Å². The van der Waals surface area contributed by atoms with Crippen LogP contribution in [0.1, 0.15) is 49.1 Å². The Morgan fingerprint density at radius 2 is 1.72 bits per heavy atom. The van der Waals surface area contributed by atoms with E-state index in [0.717, 1.165) is 16.7 Å². The minimum atomic E-state index is -0.677. The molecule has 43 heavy (non-hydrogen) atoms. The van der Waals surface area contributed by atoms with Crippen LogP contribution in [0.3, 0.4) is 0 Å². The van der Waals surface area contributed by atoms with Gasteiger partial charge in [0.2, 0.25) is 0 Å². The van der Waals surface area contributed by atoms with Gasteiger partial charge in [0.25, 0.3) is 5.56 Å². The smallest absolute Gasteiger partial charge is 0.338 e. The van der Waals surface area contributed by atoms with Crippen molar-refractivity contribution >= 4 is 46.6 Å². The highest BCUT2D eigenvalue weighted by atomic mass is 35.5. The van der Waals surface area contributed by atoms with E-state index in [0.29, 0.717) is 54.3 Å². The first-order chi connectivity index (χ1) is 20.7. The molecule has 1 aliphatic rings. The van der Waals surface area contributed by atoms with Gasteiger partial charge in [-0.1, -0.05) is 76.5 Å². The monoisotopic (exact) mass is 636 g/mol. The van der Waals surface area contributed by atoms with Gasteiger partial charge in [-0.25, -0.2) is 9.79 Å². The van der Waals surface area contributed by atoms with Crippen LogP contribution in [0, 0.1) is 6.92 Å². The van der Waals surface area contributed by atoms with E-state index in [9.17, 15) is 9.59 Å². The topological polar surface area (TPSA) is 79.1 Å². The second-order valence-electron chi connectivity index (χ2n) is 9.89. The third-order valence-electron chi connectivity index (χ3n) is 6.84. The fourth-order valence-corrected chi connectivity index (χ4v) is 6.26. The van der Waals surface area contributed by atoms with Crippen molar-refractivity contribution in [3.63, 3.8) is 0 Å². The molecule has 0 saturated carbocycles. The third-order valence-corrected chi connectivity index (χ3v) is 8.35. The highest BCUT2D eigenvalue weighted by Gasteiger charge is 2.33. The van der Waals surface area contributed by atoms with Gasteiger partial charge in [-0.05, 0) is 74.7 Å². The van der Waals surface area contributed by atoms with Crippen LogP contribution in [-0.2, 0) is 16.1 Å². The summed E-state index contributed by atoms with van der Waals surface area (Å²) in [7, 11) is 0. The fourth-order valence-electron chi connectivity index (χ4n) is 4.82. The first-order valence-corrected chi connectivity index (χ1v) is 15.4. The van der Waals surface area contributed by atoms with E-state index in [1.807, 2.05) is 50.2 Å². The molecule has 0 saturated heterocycles. The van der Waals surface area contributed by atoms with Gasteiger partial charge in [0.15, 0.2) is 16.3 Å². The Morgan fingerprint density at radius 3 is 2.40 bits per heavy atom. The van der Waals surface area contributed by atoms with Crippen molar-refractivity contribution in [1.82, 2.24) is 4.57 Å². The van der Waals surface area contributed by atoms with E-state index >= 15 is 0 Å². The number of aromatic nitrogens is 1. The SMILES string of the molecule is CCOC(=O)C1=C(C)N=c2s/c(=C/c3cc(Cl)c(OCc4ccc(Cl)cc4)c(OCC)c3)c(=O)n2[C@H]1c1ccc(C)cc1. The van der Waals surface area contributed by atoms with Gasteiger partial charge in [0, 0.05) is 5.02 Å². The Balaban J connectivity index is 1.58. The standard InChI is InChI=1S/C33H30Cl2N2O5S/c1-5-40-26-16-22(15-25(35)30(26)42-18-21-9-13-24(34)14-10-21)17-27-31(38)37-29(23-11-7-19(3)8-12-23)28(32(39)41-6-2)20(4)36-33(37)43-27/h7-17,29H,5-6,18H2,1-4H3/b27-17+/t29-/m0/s1. The molecule has 1 aromatic heterocycles. The van der Waals surface area contributed by atoms with Crippen LogP contribution in [0.4, 0.5) is 0 Å². The first-order valence-electron chi connectivity index (χ1n) is 13.8. The zero-order chi connectivity index (χ0) is 30.7. The van der Waals surface area contributed by atoms with Gasteiger partial charge in [-0.3, -0.25) is 9.36 Å². The lowest BCUT2D eigenvalue weighted by atomic mass is 9.95. The third kappa shape index (κ3) is 6.56. The summed E-state index contributed by atoms with van der Waals surface area (Å²) < 4.78 is 19.3. The number of carbonyl (C=O) groups excluding carboxylic acids is 1. The Kier molecular flexibility index (Phi) is 9.40. The molecule has 0 spiro atoms. The number of hydrogen-bond donors (Lipinski definition) is 0. The number of fused-ring (bicyclic) bond motifs is 1. The van der Waals surface area contributed by atoms with Crippen molar-refractivity contribution in [3.05, 3.63) is 124 Å². The van der Waals surface area contributed by atoms with Crippen LogP contribution in [0.5, 0.6) is 11.5 Å². The predicted octanol–water partition coefficient (Wildman–Crippen LogP) is 6.39. The second-order valence-corrected chi connectivity index (χ2v) is 11.7. The largest absolute Gasteiger partial charge is 0.490 e. The molecule has 10 heteroatoms. The zero-order valence-corrected chi connectivity index (χ0v) is 26.5. The van der Waals surface area contributed by atoms with E-state index in [4.69, 9.17) is 37.4 Å². The summed E-state index contributed by atoms with van der Waals surface area (Å²) in [4.78, 5) is 32.2. The quantitative estimate of drug-likeness (QED) is 0.199. The Bertz CT molecular complexity index is 1880. The summed E-state index contributed by atoms with van der Waals surface area (Å²) in [5, 5.41) is 0.987. The number of ether oxygens (including phenoxy) is 3. The Labute approximate surface area is 263 Å². The van der Waals surface area contributed by atoms with Crippen molar-refractivity contribution in [2.45, 2.75) is 40.3 Å². The number of hydrogen-bond acceptors (Lipinski definition) is 7. The van der Waals surface area contributed by atoms with E-state index in [1.165, 1.54) is 11.3 Å². The predicted molar refractivity (Wildman–Crippen MR) is 170 cm³/mol. The maximum atomic E-state index is 14.0. The number of halogens is 2. The van der Waals surface area contributed by atoms with Crippen LogP contribution in [-0.4, -0.2) is 23.8 Å². The lowest BCUT2D eigenvalue weighted by Crippen LogP contribution is -2.39. The van der Waals surface area contributed by atoms with Gasteiger partial charge in [0.1, 0.15) is 6.61 Å². The summed E-state index contributed by atoms with van der Waals surface area (Å²) in [5.74, 6) is 0.373. The molecule has 2 heterocycles. The fraction of sp³-hybridized carbons (Fsp3) is 0.242. The zero-order valence-electron chi connectivity index (χ0n) is 24.1. The van der Waals surface area contributed by atoms with Gasteiger partial charge in [0.05, 0.1) is 40.1 Å². The number of aryl methyl sites for hydroxylation is 1. The Hall–Kier alpha value is -3.85. The number of allylic oxidation sites excluding steroid dienone is 1. The molecular weight excluding hydrogens is 607 g/mol. The van der Waals surface area contributed by atoms with Crippen molar-refractivity contribution in [3.8, 4) is 11.5 Å². The number of carbonyl (C=O) groups is 1. The van der Waals surface area contributed by atoms with E-state index < -0.39 is 12.0 Å². The summed E-state index contributed by atoms with van der Waals surface area (Å²) in [5.41, 5.74) is 4.02. The molecule has 0 N–H and O–H groups in total. The molecule has 7 nitrogen and oxygen atoms in total. The molecule has 1 atom stereocenters. The molecule has 0 unspecified atom stereocenters. The number of rotatable bonds is 9. The van der Waals surface area contributed by atoms with Crippen LogP contribution >= 0.6 is 34.5 Å². The first kappa shape index (κ1) is 30.6. The number of thiazole rings is 1. The molecule has 1 aliphatic heterocycles. The van der Waals surface area contributed by atoms with Gasteiger partial charge in [-0.2, -0.15) is 0 Å². The molecule has 0 fully saturated rings. The van der Waals surface area contributed by atoms with E-state index in [-0.39, 0.29) is 18.8 Å². The summed E-state index contributed by atoms with van der Waals surface area (Å²) in [6.45, 7) is 8.25. The molecule has 3 aromatic carbocycles. The molecule has 0 radical (unpaired) electrons. The number of esters is 1. The minimum absolute atomic E-state index is 0.211. The van der Waals surface area contributed by atoms with Crippen LogP contribution in [0.15, 0.2) is 81.7 Å². The molecule has 5 rings (SSSR count). The lowest BCUT2D eigenvalue weighted by Gasteiger charge is -2.24. The van der Waals surface area contributed by atoms with E-state index in [1.54, 1.807) is 48.8 Å². The molecule has 0 bridgehead atoms. The lowest BCUT2D eigenvalue weighted by molar-refractivity contribution is -0.139. The summed E-state index contributed by atoms with van der Waals surface area (Å²) in [6, 6.07) is 17.9. The van der Waals surface area contributed by atoms with Crippen molar-refractivity contribution in [2.75, 3.05) is 13.2 Å². The van der Waals surface area contributed by atoms with Crippen molar-refractivity contribution < 1.29 is 19.0 Å². The van der Waals surface area contributed by atoms with Gasteiger partial charge < -0.3 is 14.2 Å². The molecule has 222 valence electrons. The molecule has 0 amide bonds. The molecular formula is C33H30Cl2N2O5S. The summed E-state index contributed by atoms with van der Waals surface area (Å²) in [6.07, 6.45) is 1.75. The van der Waals surface area contributed by atoms with Crippen molar-refractivity contribution in [2.24, 2.45) is 4.99 Å². The second kappa shape index (κ2) is 13.2. The van der Waals surface area contributed by atoms with Crippen LogP contribution < -0.4 is 24.4 Å². The normalized spacial score (nSPS) is 14.7. The van der Waals surface area contributed by atoms with Crippen LogP contribution in [0.2, 0.25) is 10.0 Å². The number of nitrogens with zero attached hydrogens (tertiary/aromatic N) is 2. The van der Waals surface area contributed by atoms with E-state index in [2.05, 4.69) is 4.99 Å². The highest BCUT2D eigenvalue weighted by Crippen LogP contribution is 2.38. The Morgan fingerprint density at radius 1 is 1.00 bits per heavy atom. The average Bonchev–Trinajstić information content (AvgIpc) is 3.27. The summed E-state index contributed by atoms with van der Waals surface area (Å²) >= 11 is 13.9. The molecule has 4 aromatic rings. The highest BCUT2D eigenvalue weighted by molar-refractivity contribution is 7.07. The average molecular weight is 638 g/mol. The van der Waals surface area contributed by atoms with Crippen LogP contribution in [0.25, 0.3) is 6.08 Å².